The van der Waals surface area contributed by atoms with Gasteiger partial charge in [0.15, 0.2) is 0 Å². The predicted octanol–water partition coefficient (Wildman–Crippen LogP) is 5.56. The van der Waals surface area contributed by atoms with E-state index < -0.39 is 0 Å². The molecule has 1 aliphatic rings. The molecule has 0 saturated heterocycles. The highest BCUT2D eigenvalue weighted by Gasteiger charge is 2.30. The van der Waals surface area contributed by atoms with Gasteiger partial charge in [-0.25, -0.2) is 0 Å². The van der Waals surface area contributed by atoms with Crippen LogP contribution in [0, 0.1) is 5.41 Å². The fourth-order valence-electron chi connectivity index (χ4n) is 3.68. The van der Waals surface area contributed by atoms with E-state index in [0.29, 0.717) is 23.3 Å². The minimum atomic E-state index is 0.416. The Hall–Kier alpha value is -0.820. The molecule has 0 aliphatic heterocycles. The zero-order valence-corrected chi connectivity index (χ0v) is 15.0. The predicted molar refractivity (Wildman–Crippen MR) is 93.1 cm³/mol. The van der Waals surface area contributed by atoms with E-state index in [1.807, 2.05) is 0 Å². The second-order valence-corrected chi connectivity index (χ2v) is 8.20. The second-order valence-electron chi connectivity index (χ2n) is 8.20. The van der Waals surface area contributed by atoms with Crippen LogP contribution >= 0.6 is 0 Å². The molecule has 1 aliphatic carbocycles. The smallest absolute Gasteiger partial charge is 0.0325 e. The maximum Gasteiger partial charge on any atom is 0.0325 e. The summed E-state index contributed by atoms with van der Waals surface area (Å²) in [5, 5.41) is 3.59. The van der Waals surface area contributed by atoms with Gasteiger partial charge in [-0.05, 0) is 65.8 Å². The average Bonchev–Trinajstić information content (AvgIpc) is 2.54. The first-order valence-corrected chi connectivity index (χ1v) is 8.59. The van der Waals surface area contributed by atoms with Crippen LogP contribution in [0.15, 0.2) is 12.1 Å². The molecule has 1 nitrogen and oxygen atoms in total. The van der Waals surface area contributed by atoms with Crippen molar-refractivity contribution in [2.45, 2.75) is 78.7 Å². The number of benzene rings is 1. The van der Waals surface area contributed by atoms with Crippen LogP contribution in [0.25, 0.3) is 0 Å². The van der Waals surface area contributed by atoms with Crippen molar-refractivity contribution in [2.75, 3.05) is 7.05 Å². The van der Waals surface area contributed by atoms with Crippen molar-refractivity contribution < 1.29 is 0 Å². The molecule has 0 radical (unpaired) electrons. The van der Waals surface area contributed by atoms with Crippen LogP contribution in [-0.4, -0.2) is 7.05 Å². The lowest BCUT2D eigenvalue weighted by Gasteiger charge is -2.27. The van der Waals surface area contributed by atoms with Crippen molar-refractivity contribution in [3.63, 3.8) is 0 Å². The van der Waals surface area contributed by atoms with E-state index >= 15 is 0 Å². The first-order chi connectivity index (χ1) is 9.75. The van der Waals surface area contributed by atoms with Gasteiger partial charge in [-0.15, -0.1) is 0 Å². The van der Waals surface area contributed by atoms with Crippen LogP contribution in [0.2, 0.25) is 0 Å². The van der Waals surface area contributed by atoms with Gasteiger partial charge >= 0.3 is 0 Å². The minimum Gasteiger partial charge on any atom is -0.313 e. The van der Waals surface area contributed by atoms with E-state index in [9.17, 15) is 0 Å². The first kappa shape index (κ1) is 16.5. The number of hydrogen-bond acceptors (Lipinski definition) is 1. The zero-order chi connectivity index (χ0) is 15.8. The highest BCUT2D eigenvalue weighted by atomic mass is 14.9. The van der Waals surface area contributed by atoms with Crippen LogP contribution in [0.4, 0.5) is 0 Å². The van der Waals surface area contributed by atoms with Gasteiger partial charge in [0, 0.05) is 6.04 Å². The first-order valence-electron chi connectivity index (χ1n) is 8.59. The molecule has 1 atom stereocenters. The molecule has 1 aromatic rings. The molecular weight excluding hydrogens is 254 g/mol. The zero-order valence-electron chi connectivity index (χ0n) is 15.0. The summed E-state index contributed by atoms with van der Waals surface area (Å²) >= 11 is 0. The van der Waals surface area contributed by atoms with Gasteiger partial charge in [0.25, 0.3) is 0 Å². The molecule has 0 saturated carbocycles. The minimum absolute atomic E-state index is 0.416. The van der Waals surface area contributed by atoms with Gasteiger partial charge in [0.05, 0.1) is 0 Å². The Bertz CT molecular complexity index is 497. The SMILES string of the molecule is CNC1CC(C)(C)CCc2c(C(C)C)cc(C(C)C)cc21. The summed E-state index contributed by atoms with van der Waals surface area (Å²) in [5.74, 6) is 1.21. The molecule has 1 heteroatoms. The van der Waals surface area contributed by atoms with Crippen LogP contribution in [0.1, 0.15) is 94.5 Å². The van der Waals surface area contributed by atoms with Gasteiger partial charge in [0.2, 0.25) is 0 Å². The molecule has 1 aromatic carbocycles. The van der Waals surface area contributed by atoms with E-state index in [-0.39, 0.29) is 0 Å². The third-order valence-electron chi connectivity index (χ3n) is 5.16. The molecule has 0 amide bonds. The summed E-state index contributed by atoms with van der Waals surface area (Å²) in [4.78, 5) is 0. The Morgan fingerprint density at radius 3 is 2.29 bits per heavy atom. The van der Waals surface area contributed by atoms with Crippen molar-refractivity contribution in [1.82, 2.24) is 5.32 Å². The van der Waals surface area contributed by atoms with Gasteiger partial charge in [0.1, 0.15) is 0 Å². The Morgan fingerprint density at radius 2 is 1.76 bits per heavy atom. The molecule has 0 spiro atoms. The fraction of sp³-hybridized carbons (Fsp3) is 0.700. The summed E-state index contributed by atoms with van der Waals surface area (Å²) in [6.45, 7) is 14.1. The highest BCUT2D eigenvalue weighted by molar-refractivity contribution is 5.44. The van der Waals surface area contributed by atoms with Crippen molar-refractivity contribution in [1.29, 1.82) is 0 Å². The maximum atomic E-state index is 3.59. The molecule has 2 rings (SSSR count). The Labute approximate surface area is 131 Å². The lowest BCUT2D eigenvalue weighted by Crippen LogP contribution is -2.23. The number of nitrogens with one attached hydrogen (secondary N) is 1. The van der Waals surface area contributed by atoms with Crippen molar-refractivity contribution in [3.05, 3.63) is 34.4 Å². The third kappa shape index (κ3) is 3.51. The molecule has 1 N–H and O–H groups in total. The maximum absolute atomic E-state index is 3.59. The van der Waals surface area contributed by atoms with E-state index in [1.165, 1.54) is 24.8 Å². The average molecular weight is 287 g/mol. The molecule has 0 aromatic heterocycles. The number of rotatable bonds is 3. The summed E-state index contributed by atoms with van der Waals surface area (Å²) in [5.41, 5.74) is 6.68. The quantitative estimate of drug-likeness (QED) is 0.718. The van der Waals surface area contributed by atoms with Gasteiger partial charge in [-0.1, -0.05) is 53.7 Å². The van der Waals surface area contributed by atoms with Crippen LogP contribution in [0.3, 0.4) is 0 Å². The summed E-state index contributed by atoms with van der Waals surface area (Å²) < 4.78 is 0. The summed E-state index contributed by atoms with van der Waals surface area (Å²) in [7, 11) is 2.12. The van der Waals surface area contributed by atoms with Gasteiger partial charge in [-0.2, -0.15) is 0 Å². The summed E-state index contributed by atoms with van der Waals surface area (Å²) in [6, 6.07) is 5.45. The number of fused-ring (bicyclic) bond motifs is 1. The van der Waals surface area contributed by atoms with Gasteiger partial charge in [-0.3, -0.25) is 0 Å². The van der Waals surface area contributed by atoms with Crippen LogP contribution in [-0.2, 0) is 6.42 Å². The largest absolute Gasteiger partial charge is 0.313 e. The van der Waals surface area contributed by atoms with Gasteiger partial charge < -0.3 is 5.32 Å². The highest BCUT2D eigenvalue weighted by Crippen LogP contribution is 2.42. The Morgan fingerprint density at radius 1 is 1.10 bits per heavy atom. The Balaban J connectivity index is 2.61. The monoisotopic (exact) mass is 287 g/mol. The fourth-order valence-corrected chi connectivity index (χ4v) is 3.68. The van der Waals surface area contributed by atoms with E-state index in [2.05, 4.69) is 66.0 Å². The topological polar surface area (TPSA) is 12.0 Å². The normalized spacial score (nSPS) is 21.5. The molecule has 0 fully saturated rings. The standard InChI is InChI=1S/C20H33N/c1-13(2)15-10-17(14(3)4)16-8-9-20(5,6)12-19(21-7)18(16)11-15/h10-11,13-14,19,21H,8-9,12H2,1-7H3. The van der Waals surface area contributed by atoms with E-state index in [1.54, 1.807) is 16.7 Å². The van der Waals surface area contributed by atoms with E-state index in [0.717, 1.165) is 0 Å². The lowest BCUT2D eigenvalue weighted by atomic mass is 9.83. The summed E-state index contributed by atoms with van der Waals surface area (Å²) in [6.07, 6.45) is 3.75. The number of hydrogen-bond donors (Lipinski definition) is 1. The second kappa shape index (κ2) is 6.12. The molecule has 21 heavy (non-hydrogen) atoms. The van der Waals surface area contributed by atoms with Crippen LogP contribution < -0.4 is 5.32 Å². The molecule has 118 valence electrons. The van der Waals surface area contributed by atoms with Crippen molar-refractivity contribution >= 4 is 0 Å². The van der Waals surface area contributed by atoms with Crippen LogP contribution in [0.5, 0.6) is 0 Å². The van der Waals surface area contributed by atoms with Crippen molar-refractivity contribution in [2.24, 2.45) is 5.41 Å². The Kier molecular flexibility index (Phi) is 4.82. The lowest BCUT2D eigenvalue weighted by molar-refractivity contribution is 0.279. The van der Waals surface area contributed by atoms with Crippen molar-refractivity contribution in [3.8, 4) is 0 Å². The molecular formula is C20H33N. The molecule has 1 unspecified atom stereocenters. The van der Waals surface area contributed by atoms with E-state index in [4.69, 9.17) is 0 Å². The molecule has 0 heterocycles. The molecule has 0 bridgehead atoms. The third-order valence-corrected chi connectivity index (χ3v) is 5.16.